The Labute approximate surface area is 58.0 Å². The van der Waals surface area contributed by atoms with Gasteiger partial charge in [0.2, 0.25) is 0 Å². The van der Waals surface area contributed by atoms with Gasteiger partial charge in [-0.25, -0.2) is 0 Å². The Hall–Kier alpha value is -0.260. The molecule has 0 aliphatic heterocycles. The minimum absolute atomic E-state index is 0.965. The van der Waals surface area contributed by atoms with Gasteiger partial charge in [0.15, 0.2) is 0 Å². The highest BCUT2D eigenvalue weighted by molar-refractivity contribution is 4.93. The maximum Gasteiger partial charge on any atom is -0.0319 e. The summed E-state index contributed by atoms with van der Waals surface area (Å²) in [5.41, 5.74) is 0. The first-order valence-corrected chi connectivity index (χ1v) is 3.87. The Morgan fingerprint density at radius 1 is 1.33 bits per heavy atom. The van der Waals surface area contributed by atoms with Gasteiger partial charge in [-0.3, -0.25) is 0 Å². The van der Waals surface area contributed by atoms with Gasteiger partial charge in [0.25, 0.3) is 0 Å². The van der Waals surface area contributed by atoms with E-state index >= 15 is 0 Å². The zero-order chi connectivity index (χ0) is 6.53. The van der Waals surface area contributed by atoms with Crippen molar-refractivity contribution in [1.29, 1.82) is 0 Å². The molecule has 0 aromatic carbocycles. The second-order valence-electron chi connectivity index (χ2n) is 2.80. The van der Waals surface area contributed by atoms with Crippen LogP contribution in [-0.4, -0.2) is 0 Å². The van der Waals surface area contributed by atoms with Gasteiger partial charge < -0.3 is 0 Å². The van der Waals surface area contributed by atoms with E-state index in [-0.39, 0.29) is 0 Å². The summed E-state index contributed by atoms with van der Waals surface area (Å²) in [5.74, 6) is 0.965. The number of allylic oxidation sites excluding steroid dienone is 2. The molecule has 0 amide bonds. The highest BCUT2D eigenvalue weighted by Crippen LogP contribution is 2.22. The molecule has 1 aliphatic carbocycles. The third-order valence-electron chi connectivity index (χ3n) is 1.97. The van der Waals surface area contributed by atoms with Crippen molar-refractivity contribution in [3.05, 3.63) is 19.1 Å². The molecule has 1 radical (unpaired) electrons. The van der Waals surface area contributed by atoms with Crippen LogP contribution in [0.15, 0.2) is 12.2 Å². The molecule has 0 atom stereocenters. The molecule has 1 rings (SSSR count). The van der Waals surface area contributed by atoms with Gasteiger partial charge in [0.1, 0.15) is 0 Å². The third kappa shape index (κ3) is 2.21. The molecule has 0 bridgehead atoms. The van der Waals surface area contributed by atoms with Crippen LogP contribution in [0.25, 0.3) is 0 Å². The zero-order valence-corrected chi connectivity index (χ0v) is 5.97. The third-order valence-corrected chi connectivity index (χ3v) is 1.97. The Balaban J connectivity index is 2.01. The van der Waals surface area contributed by atoms with Crippen LogP contribution in [-0.2, 0) is 0 Å². The first-order valence-electron chi connectivity index (χ1n) is 3.87. The predicted octanol–water partition coefficient (Wildman–Crippen LogP) is 2.96. The van der Waals surface area contributed by atoms with Gasteiger partial charge in [0.05, 0.1) is 0 Å². The van der Waals surface area contributed by atoms with E-state index in [9.17, 15) is 0 Å². The van der Waals surface area contributed by atoms with Crippen LogP contribution in [0.4, 0.5) is 0 Å². The van der Waals surface area contributed by atoms with E-state index in [0.717, 1.165) is 12.3 Å². The molecule has 0 heterocycles. The summed E-state index contributed by atoms with van der Waals surface area (Å²) in [4.78, 5) is 0. The van der Waals surface area contributed by atoms with E-state index in [1.54, 1.807) is 0 Å². The molecule has 0 aromatic rings. The first-order chi connectivity index (χ1) is 4.43. The highest BCUT2D eigenvalue weighted by Gasteiger charge is 2.07. The SMILES string of the molecule is [CH2]CCCC1CC=CC1. The molecule has 51 valence electrons. The van der Waals surface area contributed by atoms with Crippen molar-refractivity contribution >= 4 is 0 Å². The Bertz CT molecular complexity index is 84.2. The molecule has 9 heavy (non-hydrogen) atoms. The summed E-state index contributed by atoms with van der Waals surface area (Å²) >= 11 is 0. The van der Waals surface area contributed by atoms with E-state index in [2.05, 4.69) is 19.1 Å². The summed E-state index contributed by atoms with van der Waals surface area (Å²) in [7, 11) is 0. The van der Waals surface area contributed by atoms with Crippen LogP contribution in [0.2, 0.25) is 0 Å². The molecule has 0 heteroatoms. The van der Waals surface area contributed by atoms with Gasteiger partial charge in [-0.2, -0.15) is 0 Å². The van der Waals surface area contributed by atoms with Crippen LogP contribution in [0.3, 0.4) is 0 Å². The summed E-state index contributed by atoms with van der Waals surface area (Å²) in [5, 5.41) is 0. The summed E-state index contributed by atoms with van der Waals surface area (Å²) in [6.45, 7) is 3.83. The number of unbranched alkanes of at least 4 members (excludes halogenated alkanes) is 1. The summed E-state index contributed by atoms with van der Waals surface area (Å²) in [6, 6.07) is 0. The van der Waals surface area contributed by atoms with Gasteiger partial charge in [-0.1, -0.05) is 31.9 Å². The van der Waals surface area contributed by atoms with Crippen molar-refractivity contribution < 1.29 is 0 Å². The topological polar surface area (TPSA) is 0 Å². The lowest BCUT2D eigenvalue weighted by atomic mass is 10.0. The van der Waals surface area contributed by atoms with Crippen molar-refractivity contribution in [3.63, 3.8) is 0 Å². The van der Waals surface area contributed by atoms with E-state index in [1.807, 2.05) is 0 Å². The lowest BCUT2D eigenvalue weighted by molar-refractivity contribution is 0.502. The molecule has 0 N–H and O–H groups in total. The van der Waals surface area contributed by atoms with Crippen molar-refractivity contribution in [2.75, 3.05) is 0 Å². The Morgan fingerprint density at radius 3 is 2.56 bits per heavy atom. The summed E-state index contributed by atoms with van der Waals surface area (Å²) in [6.07, 6.45) is 11.0. The Morgan fingerprint density at radius 2 is 2.00 bits per heavy atom. The number of hydrogen-bond acceptors (Lipinski definition) is 0. The van der Waals surface area contributed by atoms with E-state index in [4.69, 9.17) is 0 Å². The largest absolute Gasteiger partial charge is 0.0882 e. The molecule has 0 spiro atoms. The van der Waals surface area contributed by atoms with Gasteiger partial charge >= 0.3 is 0 Å². The van der Waals surface area contributed by atoms with E-state index < -0.39 is 0 Å². The maximum atomic E-state index is 3.83. The molecule has 0 saturated heterocycles. The smallest absolute Gasteiger partial charge is 0.0319 e. The first kappa shape index (κ1) is 6.85. The fraction of sp³-hybridized carbons (Fsp3) is 0.667. The van der Waals surface area contributed by atoms with Gasteiger partial charge in [0, 0.05) is 0 Å². The second kappa shape index (κ2) is 3.71. The van der Waals surface area contributed by atoms with Crippen molar-refractivity contribution in [2.45, 2.75) is 32.1 Å². The minimum atomic E-state index is 0.965. The van der Waals surface area contributed by atoms with Crippen molar-refractivity contribution in [3.8, 4) is 0 Å². The van der Waals surface area contributed by atoms with Crippen LogP contribution >= 0.6 is 0 Å². The molecular weight excluding hydrogens is 108 g/mol. The van der Waals surface area contributed by atoms with Crippen LogP contribution < -0.4 is 0 Å². The molecule has 0 aromatic heterocycles. The molecule has 1 aliphatic rings. The fourth-order valence-electron chi connectivity index (χ4n) is 1.34. The molecule has 0 nitrogen and oxygen atoms in total. The maximum absolute atomic E-state index is 3.83. The Kier molecular flexibility index (Phi) is 2.82. The average Bonchev–Trinajstić information content (AvgIpc) is 2.34. The fourth-order valence-corrected chi connectivity index (χ4v) is 1.34. The molecule has 0 unspecified atom stereocenters. The summed E-state index contributed by atoms with van der Waals surface area (Å²) < 4.78 is 0. The highest BCUT2D eigenvalue weighted by atomic mass is 14.1. The van der Waals surface area contributed by atoms with Gasteiger partial charge in [-0.15, -0.1) is 0 Å². The van der Waals surface area contributed by atoms with Crippen LogP contribution in [0, 0.1) is 12.8 Å². The van der Waals surface area contributed by atoms with Crippen molar-refractivity contribution in [1.82, 2.24) is 0 Å². The van der Waals surface area contributed by atoms with E-state index in [0.29, 0.717) is 0 Å². The zero-order valence-electron chi connectivity index (χ0n) is 5.97. The minimum Gasteiger partial charge on any atom is -0.0882 e. The predicted molar refractivity (Wildman–Crippen MR) is 41.1 cm³/mol. The monoisotopic (exact) mass is 123 g/mol. The molecule has 0 fully saturated rings. The number of hydrogen-bond donors (Lipinski definition) is 0. The van der Waals surface area contributed by atoms with Crippen LogP contribution in [0.5, 0.6) is 0 Å². The van der Waals surface area contributed by atoms with E-state index in [1.165, 1.54) is 25.7 Å². The second-order valence-corrected chi connectivity index (χ2v) is 2.80. The lowest BCUT2D eigenvalue weighted by Gasteiger charge is -2.05. The molecule has 0 saturated carbocycles. The van der Waals surface area contributed by atoms with Crippen molar-refractivity contribution in [2.24, 2.45) is 5.92 Å². The van der Waals surface area contributed by atoms with Crippen LogP contribution in [0.1, 0.15) is 32.1 Å². The average molecular weight is 123 g/mol. The normalized spacial score (nSPS) is 19.2. The number of rotatable bonds is 3. The molecular formula is C9H15. The quantitative estimate of drug-likeness (QED) is 0.506. The lowest BCUT2D eigenvalue weighted by Crippen LogP contribution is -1.91. The standard InChI is InChI=1S/C9H15/c1-2-3-6-9-7-4-5-8-9/h4-5,9H,1-3,6-8H2. The van der Waals surface area contributed by atoms with Gasteiger partial charge in [-0.05, 0) is 25.2 Å².